The molecule has 1 aromatic rings. The number of anilines is 1. The van der Waals surface area contributed by atoms with Crippen molar-refractivity contribution in [3.05, 3.63) is 17.2 Å². The van der Waals surface area contributed by atoms with Crippen LogP contribution in [0.3, 0.4) is 0 Å². The number of ether oxygens (including phenoxy) is 2. The van der Waals surface area contributed by atoms with Gasteiger partial charge in [-0.2, -0.15) is 0 Å². The summed E-state index contributed by atoms with van der Waals surface area (Å²) in [6.07, 6.45) is 0. The van der Waals surface area contributed by atoms with E-state index in [1.165, 1.54) is 0 Å². The molecule has 19 heavy (non-hydrogen) atoms. The van der Waals surface area contributed by atoms with E-state index in [9.17, 15) is 4.79 Å². The lowest BCUT2D eigenvalue weighted by Gasteiger charge is -2.18. The fourth-order valence-corrected chi connectivity index (χ4v) is 1.82. The third-order valence-electron chi connectivity index (χ3n) is 3.24. The van der Waals surface area contributed by atoms with Gasteiger partial charge in [-0.3, -0.25) is 4.79 Å². The zero-order valence-corrected chi connectivity index (χ0v) is 12.0. The molecule has 0 amide bonds. The predicted molar refractivity (Wildman–Crippen MR) is 74.3 cm³/mol. The van der Waals surface area contributed by atoms with E-state index in [2.05, 4.69) is 5.32 Å². The molecule has 0 aliphatic heterocycles. The van der Waals surface area contributed by atoms with Gasteiger partial charge >= 0.3 is 5.97 Å². The van der Waals surface area contributed by atoms with E-state index in [4.69, 9.17) is 14.6 Å². The number of hydrogen-bond donors (Lipinski definition) is 2. The van der Waals surface area contributed by atoms with Crippen molar-refractivity contribution in [2.75, 3.05) is 26.1 Å². The van der Waals surface area contributed by atoms with Crippen molar-refractivity contribution in [3.63, 3.8) is 0 Å². The van der Waals surface area contributed by atoms with Gasteiger partial charge in [-0.25, -0.2) is 0 Å². The highest BCUT2D eigenvalue weighted by molar-refractivity contribution is 5.71. The van der Waals surface area contributed by atoms with Crippen molar-refractivity contribution in [1.82, 2.24) is 0 Å². The Balaban J connectivity index is 3.05. The number of benzene rings is 1. The molecule has 0 bridgehead atoms. The number of methoxy groups -OCH3 is 2. The summed E-state index contributed by atoms with van der Waals surface area (Å²) in [6.45, 7) is 5.89. The third kappa shape index (κ3) is 3.30. The minimum atomic E-state index is -0.831. The van der Waals surface area contributed by atoms with Crippen LogP contribution >= 0.6 is 0 Å². The molecule has 5 nitrogen and oxygen atoms in total. The summed E-state index contributed by atoms with van der Waals surface area (Å²) in [4.78, 5) is 10.8. The summed E-state index contributed by atoms with van der Waals surface area (Å²) in [5.74, 6) is 0.166. The minimum absolute atomic E-state index is 0.331. The molecule has 0 aliphatic rings. The van der Waals surface area contributed by atoms with Crippen LogP contribution < -0.4 is 14.8 Å². The summed E-state index contributed by atoms with van der Waals surface area (Å²) in [6, 6.07) is 1.83. The number of carbonyl (C=O) groups is 1. The van der Waals surface area contributed by atoms with Gasteiger partial charge < -0.3 is 19.9 Å². The van der Waals surface area contributed by atoms with E-state index < -0.39 is 11.9 Å². The molecule has 0 radical (unpaired) electrons. The van der Waals surface area contributed by atoms with E-state index in [0.717, 1.165) is 28.3 Å². The van der Waals surface area contributed by atoms with Gasteiger partial charge in [0, 0.05) is 12.6 Å². The summed E-state index contributed by atoms with van der Waals surface area (Å²) >= 11 is 0. The maximum absolute atomic E-state index is 10.8. The topological polar surface area (TPSA) is 67.8 Å². The molecule has 0 heterocycles. The van der Waals surface area contributed by atoms with Crippen LogP contribution in [0.15, 0.2) is 6.07 Å². The second-order valence-corrected chi connectivity index (χ2v) is 4.53. The fraction of sp³-hybridized carbons (Fsp3) is 0.500. The van der Waals surface area contributed by atoms with Gasteiger partial charge in [0.15, 0.2) is 0 Å². The molecule has 1 atom stereocenters. The summed E-state index contributed by atoms with van der Waals surface area (Å²) in [5, 5.41) is 12.0. The number of hydrogen-bond acceptors (Lipinski definition) is 4. The minimum Gasteiger partial charge on any atom is -0.496 e. The fourth-order valence-electron chi connectivity index (χ4n) is 1.82. The Kier molecular flexibility index (Phi) is 5.03. The average Bonchev–Trinajstić information content (AvgIpc) is 2.39. The molecule has 0 spiro atoms. The molecule has 5 heteroatoms. The van der Waals surface area contributed by atoms with Crippen LogP contribution in [-0.4, -0.2) is 31.8 Å². The first-order valence-electron chi connectivity index (χ1n) is 6.11. The Bertz CT molecular complexity index is 471. The molecular weight excluding hydrogens is 246 g/mol. The van der Waals surface area contributed by atoms with E-state index in [1.807, 2.05) is 19.9 Å². The second kappa shape index (κ2) is 6.31. The zero-order valence-electron chi connectivity index (χ0n) is 12.0. The molecule has 1 rings (SSSR count). The van der Waals surface area contributed by atoms with Crippen molar-refractivity contribution in [2.45, 2.75) is 20.8 Å². The molecule has 0 saturated carbocycles. The van der Waals surface area contributed by atoms with Crippen LogP contribution in [0.1, 0.15) is 18.1 Å². The quantitative estimate of drug-likeness (QED) is 0.828. The SMILES string of the molecule is COc1cc(NCC(C)C(=O)O)c(OC)c(C)c1C. The number of nitrogens with one attached hydrogen (secondary N) is 1. The summed E-state index contributed by atoms with van der Waals surface area (Å²) in [5.41, 5.74) is 2.74. The van der Waals surface area contributed by atoms with E-state index in [0.29, 0.717) is 6.54 Å². The lowest BCUT2D eigenvalue weighted by atomic mass is 10.1. The smallest absolute Gasteiger partial charge is 0.308 e. The molecule has 1 unspecified atom stereocenters. The van der Waals surface area contributed by atoms with Crippen LogP contribution in [0.5, 0.6) is 11.5 Å². The van der Waals surface area contributed by atoms with Crippen molar-refractivity contribution in [1.29, 1.82) is 0 Å². The monoisotopic (exact) mass is 267 g/mol. The normalized spacial score (nSPS) is 11.8. The van der Waals surface area contributed by atoms with Gasteiger partial charge in [0.05, 0.1) is 25.8 Å². The van der Waals surface area contributed by atoms with Crippen molar-refractivity contribution in [2.24, 2.45) is 5.92 Å². The van der Waals surface area contributed by atoms with Gasteiger partial charge in [0.2, 0.25) is 0 Å². The molecule has 0 aromatic heterocycles. The van der Waals surface area contributed by atoms with Crippen LogP contribution in [0.4, 0.5) is 5.69 Å². The first-order valence-corrected chi connectivity index (χ1v) is 6.11. The molecule has 2 N–H and O–H groups in total. The second-order valence-electron chi connectivity index (χ2n) is 4.53. The Morgan fingerprint density at radius 3 is 2.42 bits per heavy atom. The first-order chi connectivity index (χ1) is 8.92. The Morgan fingerprint density at radius 1 is 1.32 bits per heavy atom. The predicted octanol–water partition coefficient (Wildman–Crippen LogP) is 2.45. The van der Waals surface area contributed by atoms with Gasteiger partial charge in [0.25, 0.3) is 0 Å². The number of rotatable bonds is 6. The highest BCUT2D eigenvalue weighted by Crippen LogP contribution is 2.36. The summed E-state index contributed by atoms with van der Waals surface area (Å²) in [7, 11) is 3.21. The lowest BCUT2D eigenvalue weighted by molar-refractivity contribution is -0.140. The Hall–Kier alpha value is -1.91. The summed E-state index contributed by atoms with van der Waals surface area (Å²) < 4.78 is 10.7. The zero-order chi connectivity index (χ0) is 14.6. The van der Waals surface area contributed by atoms with Gasteiger partial charge in [-0.05, 0) is 25.0 Å². The third-order valence-corrected chi connectivity index (χ3v) is 3.24. The molecule has 106 valence electrons. The Morgan fingerprint density at radius 2 is 1.95 bits per heavy atom. The molecule has 0 saturated heterocycles. The highest BCUT2D eigenvalue weighted by atomic mass is 16.5. The maximum atomic E-state index is 10.8. The number of carboxylic acid groups (broad SMARTS) is 1. The van der Waals surface area contributed by atoms with Crippen molar-refractivity contribution < 1.29 is 19.4 Å². The highest BCUT2D eigenvalue weighted by Gasteiger charge is 2.16. The Labute approximate surface area is 113 Å². The van der Waals surface area contributed by atoms with E-state index >= 15 is 0 Å². The van der Waals surface area contributed by atoms with Gasteiger partial charge in [-0.15, -0.1) is 0 Å². The van der Waals surface area contributed by atoms with Crippen LogP contribution in [0.2, 0.25) is 0 Å². The van der Waals surface area contributed by atoms with Crippen LogP contribution in [0, 0.1) is 19.8 Å². The largest absolute Gasteiger partial charge is 0.496 e. The van der Waals surface area contributed by atoms with Crippen LogP contribution in [-0.2, 0) is 4.79 Å². The first kappa shape index (κ1) is 15.1. The van der Waals surface area contributed by atoms with E-state index in [1.54, 1.807) is 21.1 Å². The molecule has 0 fully saturated rings. The van der Waals surface area contributed by atoms with Crippen LogP contribution in [0.25, 0.3) is 0 Å². The molecular formula is C14H21NO4. The lowest BCUT2D eigenvalue weighted by Crippen LogP contribution is -2.20. The van der Waals surface area contributed by atoms with Crippen molar-refractivity contribution >= 4 is 11.7 Å². The van der Waals surface area contributed by atoms with Gasteiger partial charge in [-0.1, -0.05) is 6.92 Å². The molecule has 0 aliphatic carbocycles. The molecule has 1 aromatic carbocycles. The maximum Gasteiger partial charge on any atom is 0.308 e. The number of aliphatic carboxylic acids is 1. The standard InChI is InChI=1S/C14H21NO4/c1-8(14(16)17)7-15-11-6-12(18-4)9(2)10(3)13(11)19-5/h6,8,15H,7H2,1-5H3,(H,16,17). The number of carboxylic acids is 1. The van der Waals surface area contributed by atoms with Crippen molar-refractivity contribution in [3.8, 4) is 11.5 Å². The van der Waals surface area contributed by atoms with Gasteiger partial charge in [0.1, 0.15) is 11.5 Å². The average molecular weight is 267 g/mol. The van der Waals surface area contributed by atoms with E-state index in [-0.39, 0.29) is 0 Å².